The zero-order chi connectivity index (χ0) is 19.5. The first kappa shape index (κ1) is 20.7. The molecule has 0 aliphatic carbocycles. The Labute approximate surface area is 164 Å². The Morgan fingerprint density at radius 2 is 1.85 bits per heavy atom. The van der Waals surface area contributed by atoms with Crippen LogP contribution in [0, 0.1) is 0 Å². The molecule has 0 saturated heterocycles. The van der Waals surface area contributed by atoms with Gasteiger partial charge in [-0.25, -0.2) is 4.98 Å². The first-order valence-electron chi connectivity index (χ1n) is 8.96. The van der Waals surface area contributed by atoms with E-state index in [-0.39, 0.29) is 5.91 Å². The van der Waals surface area contributed by atoms with Crippen LogP contribution in [0.3, 0.4) is 0 Å². The number of benzene rings is 1. The van der Waals surface area contributed by atoms with Crippen molar-refractivity contribution in [3.8, 4) is 5.75 Å². The summed E-state index contributed by atoms with van der Waals surface area (Å²) in [4.78, 5) is 22.0. The third-order valence-corrected chi connectivity index (χ3v) is 5.06. The number of carbonyl (C=O) groups is 1. The first-order chi connectivity index (χ1) is 13.2. The fourth-order valence-electron chi connectivity index (χ4n) is 2.34. The molecule has 0 aliphatic heterocycles. The Hall–Kier alpha value is -2.61. The van der Waals surface area contributed by atoms with Gasteiger partial charge < -0.3 is 20.7 Å². The topological polar surface area (TPSA) is 87.6 Å². The second-order valence-electron chi connectivity index (χ2n) is 5.73. The quantitative estimate of drug-likeness (QED) is 0.346. The fourth-order valence-corrected chi connectivity index (χ4v) is 3.20. The summed E-state index contributed by atoms with van der Waals surface area (Å²) in [6.07, 6.45) is 3.83. The molecule has 146 valence electrons. The molecule has 2 rings (SSSR count). The molecule has 0 fully saturated rings. The third-order valence-electron chi connectivity index (χ3n) is 3.86. The Bertz CT molecular complexity index is 743. The van der Waals surface area contributed by atoms with Gasteiger partial charge in [0.1, 0.15) is 5.75 Å². The van der Waals surface area contributed by atoms with Crippen LogP contribution in [0.4, 0.5) is 0 Å². The van der Waals surface area contributed by atoms with Crippen molar-refractivity contribution in [1.82, 2.24) is 20.9 Å². The van der Waals surface area contributed by atoms with Crippen molar-refractivity contribution in [3.63, 3.8) is 0 Å². The fraction of sp³-hybridized carbons (Fsp3) is 0.421. The standard InChI is InChI=1S/C19H27N5O2S/c1-4-16-13-24-17(27-16)9-10-22-19(20-2)23-12-11-21-18(25)14-5-7-15(26-3)8-6-14/h5-8,13H,4,9-12H2,1-3H3,(H,21,25)(H2,20,22,23). The number of rotatable bonds is 9. The maximum Gasteiger partial charge on any atom is 0.251 e. The van der Waals surface area contributed by atoms with E-state index in [0.29, 0.717) is 24.6 Å². The van der Waals surface area contributed by atoms with Crippen molar-refractivity contribution >= 4 is 23.2 Å². The monoisotopic (exact) mass is 389 g/mol. The number of aliphatic imine (C=N–C) groups is 1. The van der Waals surface area contributed by atoms with E-state index in [1.54, 1.807) is 49.8 Å². The summed E-state index contributed by atoms with van der Waals surface area (Å²) in [6.45, 7) is 3.97. The van der Waals surface area contributed by atoms with Crippen LogP contribution in [0.2, 0.25) is 0 Å². The average Bonchev–Trinajstić information content (AvgIpc) is 3.17. The van der Waals surface area contributed by atoms with E-state index < -0.39 is 0 Å². The molecule has 1 aromatic heterocycles. The zero-order valence-corrected chi connectivity index (χ0v) is 16.9. The van der Waals surface area contributed by atoms with Crippen molar-refractivity contribution in [3.05, 3.63) is 45.9 Å². The van der Waals surface area contributed by atoms with Crippen LogP contribution in [-0.4, -0.2) is 50.6 Å². The van der Waals surface area contributed by atoms with E-state index in [1.807, 2.05) is 6.20 Å². The van der Waals surface area contributed by atoms with Gasteiger partial charge in [0.05, 0.1) is 12.1 Å². The van der Waals surface area contributed by atoms with Gasteiger partial charge in [-0.2, -0.15) is 0 Å². The molecule has 0 unspecified atom stereocenters. The summed E-state index contributed by atoms with van der Waals surface area (Å²) in [5.41, 5.74) is 0.605. The predicted molar refractivity (Wildman–Crippen MR) is 110 cm³/mol. The highest BCUT2D eigenvalue weighted by Crippen LogP contribution is 2.13. The predicted octanol–water partition coefficient (Wildman–Crippen LogP) is 1.85. The van der Waals surface area contributed by atoms with Crippen molar-refractivity contribution in [1.29, 1.82) is 0 Å². The largest absolute Gasteiger partial charge is 0.497 e. The SMILES string of the molecule is CCc1cnc(CCNC(=NC)NCCNC(=O)c2ccc(OC)cc2)s1. The number of nitrogens with one attached hydrogen (secondary N) is 3. The summed E-state index contributed by atoms with van der Waals surface area (Å²) in [5.74, 6) is 1.32. The average molecular weight is 390 g/mol. The van der Waals surface area contributed by atoms with E-state index in [9.17, 15) is 4.79 Å². The Balaban J connectivity index is 1.64. The minimum absolute atomic E-state index is 0.113. The van der Waals surface area contributed by atoms with Crippen molar-refractivity contribution in [2.75, 3.05) is 33.8 Å². The number of thiazole rings is 1. The molecule has 0 radical (unpaired) electrons. The number of methoxy groups -OCH3 is 1. The molecule has 8 heteroatoms. The molecule has 3 N–H and O–H groups in total. The smallest absolute Gasteiger partial charge is 0.251 e. The van der Waals surface area contributed by atoms with Gasteiger partial charge in [-0.1, -0.05) is 6.92 Å². The normalized spacial score (nSPS) is 11.1. The Morgan fingerprint density at radius 1 is 1.15 bits per heavy atom. The summed E-state index contributed by atoms with van der Waals surface area (Å²) >= 11 is 1.75. The summed E-state index contributed by atoms with van der Waals surface area (Å²) in [6, 6.07) is 7.02. The molecule has 1 heterocycles. The van der Waals surface area contributed by atoms with Crippen LogP contribution in [0.15, 0.2) is 35.5 Å². The minimum atomic E-state index is -0.113. The first-order valence-corrected chi connectivity index (χ1v) is 9.78. The number of carbonyl (C=O) groups excluding carboxylic acids is 1. The van der Waals surface area contributed by atoms with E-state index in [4.69, 9.17) is 4.74 Å². The number of hydrogen-bond acceptors (Lipinski definition) is 5. The molecule has 1 amide bonds. The molecular weight excluding hydrogens is 362 g/mol. The molecule has 27 heavy (non-hydrogen) atoms. The number of ether oxygens (including phenoxy) is 1. The van der Waals surface area contributed by atoms with Gasteiger partial charge in [0.25, 0.3) is 5.91 Å². The van der Waals surface area contributed by atoms with Gasteiger partial charge in [-0.05, 0) is 30.7 Å². The lowest BCUT2D eigenvalue weighted by atomic mass is 10.2. The van der Waals surface area contributed by atoms with Crippen LogP contribution in [0.25, 0.3) is 0 Å². The lowest BCUT2D eigenvalue weighted by Gasteiger charge is -2.12. The molecule has 0 spiro atoms. The second kappa shape index (κ2) is 11.2. The number of aryl methyl sites for hydroxylation is 1. The minimum Gasteiger partial charge on any atom is -0.497 e. The molecule has 2 aromatic rings. The third kappa shape index (κ3) is 6.90. The molecule has 0 saturated carbocycles. The van der Waals surface area contributed by atoms with Gasteiger partial charge in [0, 0.05) is 49.7 Å². The molecule has 1 aromatic carbocycles. The van der Waals surface area contributed by atoms with Crippen molar-refractivity contribution in [2.24, 2.45) is 4.99 Å². The number of nitrogens with zero attached hydrogens (tertiary/aromatic N) is 2. The van der Waals surface area contributed by atoms with Gasteiger partial charge in [-0.3, -0.25) is 9.79 Å². The van der Waals surface area contributed by atoms with E-state index >= 15 is 0 Å². The maximum atomic E-state index is 12.1. The lowest BCUT2D eigenvalue weighted by Crippen LogP contribution is -2.42. The van der Waals surface area contributed by atoms with Crippen LogP contribution in [0.5, 0.6) is 5.75 Å². The van der Waals surface area contributed by atoms with E-state index in [1.165, 1.54) is 4.88 Å². The molecule has 7 nitrogen and oxygen atoms in total. The zero-order valence-electron chi connectivity index (χ0n) is 16.0. The van der Waals surface area contributed by atoms with Crippen LogP contribution >= 0.6 is 11.3 Å². The summed E-state index contributed by atoms with van der Waals surface area (Å²) < 4.78 is 5.09. The number of amides is 1. The van der Waals surface area contributed by atoms with Gasteiger partial charge in [0.2, 0.25) is 0 Å². The molecule has 0 atom stereocenters. The van der Waals surface area contributed by atoms with Gasteiger partial charge in [-0.15, -0.1) is 11.3 Å². The lowest BCUT2D eigenvalue weighted by molar-refractivity contribution is 0.0954. The Morgan fingerprint density at radius 3 is 2.48 bits per heavy atom. The van der Waals surface area contributed by atoms with Crippen LogP contribution in [-0.2, 0) is 12.8 Å². The van der Waals surface area contributed by atoms with E-state index in [2.05, 4.69) is 32.9 Å². The highest BCUT2D eigenvalue weighted by Gasteiger charge is 2.05. The maximum absolute atomic E-state index is 12.1. The highest BCUT2D eigenvalue weighted by atomic mass is 32.1. The van der Waals surface area contributed by atoms with E-state index in [0.717, 1.165) is 30.1 Å². The Kier molecular flexibility index (Phi) is 8.57. The summed E-state index contributed by atoms with van der Waals surface area (Å²) in [5, 5.41) is 10.4. The summed E-state index contributed by atoms with van der Waals surface area (Å²) in [7, 11) is 3.32. The van der Waals surface area contributed by atoms with Gasteiger partial charge >= 0.3 is 0 Å². The highest BCUT2D eigenvalue weighted by molar-refractivity contribution is 7.11. The van der Waals surface area contributed by atoms with Crippen LogP contribution < -0.4 is 20.7 Å². The van der Waals surface area contributed by atoms with Crippen LogP contribution in [0.1, 0.15) is 27.2 Å². The molecule has 0 aliphatic rings. The van der Waals surface area contributed by atoms with Crippen molar-refractivity contribution in [2.45, 2.75) is 19.8 Å². The van der Waals surface area contributed by atoms with Crippen molar-refractivity contribution < 1.29 is 9.53 Å². The number of hydrogen-bond donors (Lipinski definition) is 3. The number of aromatic nitrogens is 1. The molecule has 0 bridgehead atoms. The number of guanidine groups is 1. The molecular formula is C19H27N5O2S. The second-order valence-corrected chi connectivity index (χ2v) is 6.93. The van der Waals surface area contributed by atoms with Gasteiger partial charge in [0.15, 0.2) is 5.96 Å².